The predicted molar refractivity (Wildman–Crippen MR) is 46.3 cm³/mol. The Bertz CT molecular complexity index is 109. The minimum absolute atomic E-state index is 0. The van der Waals surface area contributed by atoms with Crippen molar-refractivity contribution in [2.45, 2.75) is 31.7 Å². The summed E-state index contributed by atoms with van der Waals surface area (Å²) in [6.45, 7) is 1.11. The highest BCUT2D eigenvalue weighted by atomic mass is 35.5. The van der Waals surface area contributed by atoms with Gasteiger partial charge in [0.15, 0.2) is 0 Å². The molecule has 1 rings (SSSR count). The summed E-state index contributed by atoms with van der Waals surface area (Å²) in [6.07, 6.45) is 10.3. The van der Waals surface area contributed by atoms with Gasteiger partial charge in [-0.05, 0) is 19.4 Å². The summed E-state index contributed by atoms with van der Waals surface area (Å²) in [5.41, 5.74) is 0. The van der Waals surface area contributed by atoms with Gasteiger partial charge in [0.05, 0.1) is 6.04 Å². The molecule has 0 aromatic rings. The fourth-order valence-electron chi connectivity index (χ4n) is 1.17. The second-order valence-corrected chi connectivity index (χ2v) is 2.52. The van der Waals surface area contributed by atoms with E-state index in [0.29, 0.717) is 6.04 Å². The average molecular weight is 160 g/mol. The molecule has 2 heteroatoms. The standard InChI is InChI=1S/C8H13N.ClH/c1-2-8-6-4-3-5-7-9-8;/h1,8-9H,3-7H2;1H. The fraction of sp³-hybridized carbons (Fsp3) is 0.750. The first-order valence-electron chi connectivity index (χ1n) is 3.63. The molecule has 1 nitrogen and oxygen atoms in total. The van der Waals surface area contributed by atoms with Crippen LogP contribution in [0.5, 0.6) is 0 Å². The van der Waals surface area contributed by atoms with Crippen molar-refractivity contribution in [3.63, 3.8) is 0 Å². The van der Waals surface area contributed by atoms with Gasteiger partial charge < -0.3 is 5.32 Å². The molecule has 0 aliphatic carbocycles. The Morgan fingerprint density at radius 3 is 2.80 bits per heavy atom. The fourth-order valence-corrected chi connectivity index (χ4v) is 1.17. The van der Waals surface area contributed by atoms with E-state index in [2.05, 4.69) is 11.2 Å². The molecular formula is C8H14ClN. The monoisotopic (exact) mass is 159 g/mol. The maximum Gasteiger partial charge on any atom is 0.0686 e. The number of nitrogens with one attached hydrogen (secondary N) is 1. The van der Waals surface area contributed by atoms with E-state index in [1.807, 2.05) is 0 Å². The van der Waals surface area contributed by atoms with Crippen LogP contribution in [0.15, 0.2) is 0 Å². The van der Waals surface area contributed by atoms with Gasteiger partial charge in [0.1, 0.15) is 0 Å². The number of hydrogen-bond acceptors (Lipinski definition) is 1. The van der Waals surface area contributed by atoms with Gasteiger partial charge in [-0.2, -0.15) is 0 Å². The van der Waals surface area contributed by atoms with Crippen LogP contribution in [0.4, 0.5) is 0 Å². The van der Waals surface area contributed by atoms with Gasteiger partial charge in [0.25, 0.3) is 0 Å². The highest BCUT2D eigenvalue weighted by molar-refractivity contribution is 5.85. The molecule has 0 saturated carbocycles. The van der Waals surface area contributed by atoms with E-state index in [1.54, 1.807) is 0 Å². The molecule has 10 heavy (non-hydrogen) atoms. The summed E-state index contributed by atoms with van der Waals surface area (Å²) < 4.78 is 0. The zero-order chi connectivity index (χ0) is 6.53. The zero-order valence-corrected chi connectivity index (χ0v) is 6.91. The molecule has 0 aromatic carbocycles. The van der Waals surface area contributed by atoms with Crippen molar-refractivity contribution in [3.8, 4) is 12.3 Å². The average Bonchev–Trinajstić information content (AvgIpc) is 2.13. The van der Waals surface area contributed by atoms with Gasteiger partial charge in [-0.3, -0.25) is 0 Å². The highest BCUT2D eigenvalue weighted by Gasteiger charge is 2.06. The third kappa shape index (κ3) is 3.10. The lowest BCUT2D eigenvalue weighted by atomic mass is 10.1. The minimum Gasteiger partial charge on any atom is -0.304 e. The van der Waals surface area contributed by atoms with Crippen molar-refractivity contribution in [2.75, 3.05) is 6.54 Å². The Balaban J connectivity index is 0.000000810. The molecule has 0 aromatic heterocycles. The van der Waals surface area contributed by atoms with Gasteiger partial charge in [-0.15, -0.1) is 18.8 Å². The molecule has 0 amide bonds. The van der Waals surface area contributed by atoms with Gasteiger partial charge in [-0.1, -0.05) is 18.8 Å². The van der Waals surface area contributed by atoms with E-state index in [9.17, 15) is 0 Å². The molecule has 1 fully saturated rings. The van der Waals surface area contributed by atoms with Crippen LogP contribution >= 0.6 is 12.4 Å². The van der Waals surface area contributed by atoms with Crippen molar-refractivity contribution < 1.29 is 0 Å². The summed E-state index contributed by atoms with van der Waals surface area (Å²) >= 11 is 0. The largest absolute Gasteiger partial charge is 0.304 e. The van der Waals surface area contributed by atoms with Gasteiger partial charge >= 0.3 is 0 Å². The van der Waals surface area contributed by atoms with Crippen LogP contribution in [0.1, 0.15) is 25.7 Å². The van der Waals surface area contributed by atoms with Gasteiger partial charge in [0.2, 0.25) is 0 Å². The molecule has 0 spiro atoms. The first-order valence-corrected chi connectivity index (χ1v) is 3.63. The second kappa shape index (κ2) is 5.58. The quantitative estimate of drug-likeness (QED) is 0.530. The summed E-state index contributed by atoms with van der Waals surface area (Å²) in [7, 11) is 0. The molecular weight excluding hydrogens is 146 g/mol. The Hall–Kier alpha value is -0.190. The topological polar surface area (TPSA) is 12.0 Å². The summed E-state index contributed by atoms with van der Waals surface area (Å²) in [5.74, 6) is 2.73. The Kier molecular flexibility index (Phi) is 5.48. The molecule has 0 radical (unpaired) electrons. The minimum atomic E-state index is 0. The predicted octanol–water partition coefficient (Wildman–Crippen LogP) is 1.57. The molecule has 1 unspecified atom stereocenters. The van der Waals surface area contributed by atoms with Crippen molar-refractivity contribution in [2.24, 2.45) is 0 Å². The molecule has 1 aliphatic rings. The first kappa shape index (κ1) is 9.81. The molecule has 1 heterocycles. The highest BCUT2D eigenvalue weighted by Crippen LogP contribution is 2.06. The molecule has 1 aliphatic heterocycles. The van der Waals surface area contributed by atoms with Crippen LogP contribution < -0.4 is 5.32 Å². The molecule has 1 atom stereocenters. The summed E-state index contributed by atoms with van der Waals surface area (Å²) in [5, 5.41) is 3.30. The van der Waals surface area contributed by atoms with E-state index in [4.69, 9.17) is 6.42 Å². The zero-order valence-electron chi connectivity index (χ0n) is 6.10. The lowest BCUT2D eigenvalue weighted by molar-refractivity contribution is 0.614. The van der Waals surface area contributed by atoms with Crippen LogP contribution in [0.3, 0.4) is 0 Å². The molecule has 1 saturated heterocycles. The Morgan fingerprint density at radius 2 is 2.10 bits per heavy atom. The maximum atomic E-state index is 5.26. The van der Waals surface area contributed by atoms with E-state index in [1.165, 1.54) is 19.3 Å². The van der Waals surface area contributed by atoms with Crippen LogP contribution in [0.25, 0.3) is 0 Å². The van der Waals surface area contributed by atoms with Crippen molar-refractivity contribution in [3.05, 3.63) is 0 Å². The van der Waals surface area contributed by atoms with Crippen LogP contribution in [-0.4, -0.2) is 12.6 Å². The van der Waals surface area contributed by atoms with E-state index in [0.717, 1.165) is 13.0 Å². The summed E-state index contributed by atoms with van der Waals surface area (Å²) in [4.78, 5) is 0. The third-order valence-corrected chi connectivity index (χ3v) is 1.76. The Morgan fingerprint density at radius 1 is 1.30 bits per heavy atom. The van der Waals surface area contributed by atoms with Crippen molar-refractivity contribution in [1.29, 1.82) is 0 Å². The van der Waals surface area contributed by atoms with Gasteiger partial charge in [-0.25, -0.2) is 0 Å². The lowest BCUT2D eigenvalue weighted by Gasteiger charge is -2.05. The van der Waals surface area contributed by atoms with Crippen molar-refractivity contribution >= 4 is 12.4 Å². The van der Waals surface area contributed by atoms with E-state index >= 15 is 0 Å². The molecule has 0 bridgehead atoms. The van der Waals surface area contributed by atoms with Crippen LogP contribution in [0.2, 0.25) is 0 Å². The van der Waals surface area contributed by atoms with E-state index in [-0.39, 0.29) is 12.4 Å². The number of terminal acetylenes is 1. The maximum absolute atomic E-state index is 5.26. The van der Waals surface area contributed by atoms with E-state index < -0.39 is 0 Å². The van der Waals surface area contributed by atoms with Crippen LogP contribution in [0, 0.1) is 12.3 Å². The van der Waals surface area contributed by atoms with Crippen molar-refractivity contribution in [1.82, 2.24) is 5.32 Å². The smallest absolute Gasteiger partial charge is 0.0686 e. The number of rotatable bonds is 0. The lowest BCUT2D eigenvalue weighted by Crippen LogP contribution is -2.25. The number of halogens is 1. The Labute approximate surface area is 69.0 Å². The molecule has 58 valence electrons. The van der Waals surface area contributed by atoms with Gasteiger partial charge in [0, 0.05) is 0 Å². The molecule has 1 N–H and O–H groups in total. The SMILES string of the molecule is C#CC1CCCCCN1.Cl. The first-order chi connectivity index (χ1) is 4.43. The number of hydrogen-bond donors (Lipinski definition) is 1. The summed E-state index contributed by atoms with van der Waals surface area (Å²) in [6, 6.07) is 0.354. The second-order valence-electron chi connectivity index (χ2n) is 2.52. The van der Waals surface area contributed by atoms with Crippen LogP contribution in [-0.2, 0) is 0 Å². The third-order valence-electron chi connectivity index (χ3n) is 1.76. The normalized spacial score (nSPS) is 25.7.